The number of benzene rings is 1. The third kappa shape index (κ3) is 4.26. The van der Waals surface area contributed by atoms with Crippen LogP contribution in [0.2, 0.25) is 0 Å². The highest BCUT2D eigenvalue weighted by Gasteiger charge is 2.22. The fraction of sp³-hybridized carbons (Fsp3) is 0.300. The lowest BCUT2D eigenvalue weighted by Crippen LogP contribution is -2.48. The second-order valence-electron chi connectivity index (χ2n) is 6.55. The summed E-state index contributed by atoms with van der Waals surface area (Å²) in [4.78, 5) is 21.2. The molecule has 1 fully saturated rings. The summed E-state index contributed by atoms with van der Waals surface area (Å²) >= 11 is 1.57. The third-order valence-electron chi connectivity index (χ3n) is 4.69. The fourth-order valence-corrected chi connectivity index (χ4v) is 3.97. The zero-order chi connectivity index (χ0) is 18.6. The SMILES string of the molecule is O=C(Cc1ccccc1F)N1CCN(Cc2csc(-c3ccco3)n2)CC1. The Morgan fingerprint density at radius 2 is 1.96 bits per heavy atom. The molecule has 1 aromatic carbocycles. The highest BCUT2D eigenvalue weighted by atomic mass is 32.1. The lowest BCUT2D eigenvalue weighted by atomic mass is 10.1. The topological polar surface area (TPSA) is 49.6 Å². The molecule has 27 heavy (non-hydrogen) atoms. The van der Waals surface area contributed by atoms with Gasteiger partial charge in [0, 0.05) is 38.1 Å². The van der Waals surface area contributed by atoms with Crippen LogP contribution in [0.25, 0.3) is 10.8 Å². The van der Waals surface area contributed by atoms with Crippen LogP contribution in [-0.4, -0.2) is 46.9 Å². The highest BCUT2D eigenvalue weighted by molar-refractivity contribution is 7.13. The Labute approximate surface area is 161 Å². The molecule has 0 bridgehead atoms. The number of piperazine rings is 1. The van der Waals surface area contributed by atoms with E-state index in [1.807, 2.05) is 22.4 Å². The van der Waals surface area contributed by atoms with Gasteiger partial charge >= 0.3 is 0 Å². The van der Waals surface area contributed by atoms with Crippen LogP contribution >= 0.6 is 11.3 Å². The Balaban J connectivity index is 1.29. The second-order valence-corrected chi connectivity index (χ2v) is 7.40. The van der Waals surface area contributed by atoms with Crippen LogP contribution in [-0.2, 0) is 17.8 Å². The number of halogens is 1. The van der Waals surface area contributed by atoms with E-state index in [0.29, 0.717) is 18.7 Å². The Kier molecular flexibility index (Phi) is 5.31. The monoisotopic (exact) mass is 385 g/mol. The minimum Gasteiger partial charge on any atom is -0.462 e. The summed E-state index contributed by atoms with van der Waals surface area (Å²) in [6.45, 7) is 3.64. The molecule has 1 saturated heterocycles. The lowest BCUT2D eigenvalue weighted by molar-refractivity contribution is -0.132. The van der Waals surface area contributed by atoms with Gasteiger partial charge < -0.3 is 9.32 Å². The van der Waals surface area contributed by atoms with Gasteiger partial charge in [-0.05, 0) is 23.8 Å². The number of amides is 1. The Morgan fingerprint density at radius 1 is 1.15 bits per heavy atom. The lowest BCUT2D eigenvalue weighted by Gasteiger charge is -2.34. The first kappa shape index (κ1) is 17.9. The highest BCUT2D eigenvalue weighted by Crippen LogP contribution is 2.24. The van der Waals surface area contributed by atoms with E-state index in [2.05, 4.69) is 9.88 Å². The Bertz CT molecular complexity index is 902. The summed E-state index contributed by atoms with van der Waals surface area (Å²) in [5.74, 6) is 0.448. The summed E-state index contributed by atoms with van der Waals surface area (Å²) in [5, 5.41) is 2.93. The molecule has 0 N–H and O–H groups in total. The van der Waals surface area contributed by atoms with Crippen LogP contribution in [0, 0.1) is 5.82 Å². The number of furan rings is 1. The number of carbonyl (C=O) groups is 1. The number of nitrogens with zero attached hydrogens (tertiary/aromatic N) is 3. The summed E-state index contributed by atoms with van der Waals surface area (Å²) < 4.78 is 19.1. The number of aromatic nitrogens is 1. The molecule has 2 aromatic heterocycles. The maximum absolute atomic E-state index is 13.7. The molecule has 140 valence electrons. The molecular formula is C20H20FN3O2S. The van der Waals surface area contributed by atoms with Crippen molar-refractivity contribution < 1.29 is 13.6 Å². The zero-order valence-electron chi connectivity index (χ0n) is 14.8. The molecule has 1 aliphatic heterocycles. The largest absolute Gasteiger partial charge is 0.462 e. The van der Waals surface area contributed by atoms with Crippen molar-refractivity contribution in [3.05, 3.63) is 65.1 Å². The first-order valence-corrected chi connectivity index (χ1v) is 9.79. The van der Waals surface area contributed by atoms with Crippen LogP contribution in [0.15, 0.2) is 52.5 Å². The van der Waals surface area contributed by atoms with Crippen molar-refractivity contribution in [2.45, 2.75) is 13.0 Å². The molecule has 4 rings (SSSR count). The standard InChI is InChI=1S/C20H20FN3O2S/c21-17-5-2-1-4-15(17)12-19(25)24-9-7-23(8-10-24)13-16-14-27-20(22-16)18-6-3-11-26-18/h1-6,11,14H,7-10,12-13H2. The van der Waals surface area contributed by atoms with Gasteiger partial charge in [-0.3, -0.25) is 9.69 Å². The molecule has 0 atom stereocenters. The van der Waals surface area contributed by atoms with Gasteiger partial charge in [0.05, 0.1) is 18.4 Å². The average molecular weight is 385 g/mol. The molecule has 7 heteroatoms. The zero-order valence-corrected chi connectivity index (χ0v) is 15.6. The molecule has 1 amide bonds. The van der Waals surface area contributed by atoms with E-state index in [1.54, 1.807) is 35.8 Å². The number of hydrogen-bond donors (Lipinski definition) is 0. The van der Waals surface area contributed by atoms with E-state index in [9.17, 15) is 9.18 Å². The first-order valence-electron chi connectivity index (χ1n) is 8.91. The van der Waals surface area contributed by atoms with Crippen LogP contribution in [0.5, 0.6) is 0 Å². The van der Waals surface area contributed by atoms with Crippen molar-refractivity contribution in [3.8, 4) is 10.8 Å². The minimum absolute atomic E-state index is 0.0199. The third-order valence-corrected chi connectivity index (χ3v) is 5.60. The van der Waals surface area contributed by atoms with Gasteiger partial charge in [-0.15, -0.1) is 11.3 Å². The first-order chi connectivity index (χ1) is 13.2. The Morgan fingerprint density at radius 3 is 2.70 bits per heavy atom. The van der Waals surface area contributed by atoms with Crippen LogP contribution in [0.1, 0.15) is 11.3 Å². The second kappa shape index (κ2) is 8.02. The van der Waals surface area contributed by atoms with Crippen molar-refractivity contribution in [2.24, 2.45) is 0 Å². The van der Waals surface area contributed by atoms with E-state index < -0.39 is 0 Å². The smallest absolute Gasteiger partial charge is 0.227 e. The van der Waals surface area contributed by atoms with Gasteiger partial charge in [-0.1, -0.05) is 18.2 Å². The van der Waals surface area contributed by atoms with E-state index in [0.717, 1.165) is 36.1 Å². The normalized spacial score (nSPS) is 15.2. The van der Waals surface area contributed by atoms with Crippen molar-refractivity contribution >= 4 is 17.2 Å². The molecule has 5 nitrogen and oxygen atoms in total. The fourth-order valence-electron chi connectivity index (χ4n) is 3.19. The summed E-state index contributed by atoms with van der Waals surface area (Å²) in [5.41, 5.74) is 1.47. The van der Waals surface area contributed by atoms with Gasteiger partial charge in [0.2, 0.25) is 5.91 Å². The molecule has 0 saturated carbocycles. The van der Waals surface area contributed by atoms with E-state index in [-0.39, 0.29) is 18.1 Å². The van der Waals surface area contributed by atoms with E-state index in [1.165, 1.54) is 6.07 Å². The van der Waals surface area contributed by atoms with Crippen molar-refractivity contribution in [1.29, 1.82) is 0 Å². The van der Waals surface area contributed by atoms with Gasteiger partial charge in [0.25, 0.3) is 0 Å². The molecule has 0 unspecified atom stereocenters. The van der Waals surface area contributed by atoms with Gasteiger partial charge in [-0.2, -0.15) is 0 Å². The molecular weight excluding hydrogens is 365 g/mol. The molecule has 1 aliphatic rings. The molecule has 3 aromatic rings. The quantitative estimate of drug-likeness (QED) is 0.675. The van der Waals surface area contributed by atoms with Crippen molar-refractivity contribution in [2.75, 3.05) is 26.2 Å². The van der Waals surface area contributed by atoms with Crippen molar-refractivity contribution in [3.63, 3.8) is 0 Å². The molecule has 0 aliphatic carbocycles. The average Bonchev–Trinajstić information content (AvgIpc) is 3.36. The predicted molar refractivity (Wildman–Crippen MR) is 102 cm³/mol. The van der Waals surface area contributed by atoms with Crippen molar-refractivity contribution in [1.82, 2.24) is 14.8 Å². The van der Waals surface area contributed by atoms with E-state index >= 15 is 0 Å². The minimum atomic E-state index is -0.319. The van der Waals surface area contributed by atoms with Gasteiger partial charge in [0.15, 0.2) is 10.8 Å². The molecule has 0 spiro atoms. The summed E-state index contributed by atoms with van der Waals surface area (Å²) in [7, 11) is 0. The number of rotatable bonds is 5. The van der Waals surface area contributed by atoms with Gasteiger partial charge in [0.1, 0.15) is 5.82 Å². The maximum atomic E-state index is 13.7. The predicted octanol–water partition coefficient (Wildman–Crippen LogP) is 3.43. The Hall–Kier alpha value is -2.51. The summed E-state index contributed by atoms with van der Waals surface area (Å²) in [6, 6.07) is 10.2. The van der Waals surface area contributed by atoms with Crippen LogP contribution < -0.4 is 0 Å². The van der Waals surface area contributed by atoms with Crippen LogP contribution in [0.4, 0.5) is 4.39 Å². The summed E-state index contributed by atoms with van der Waals surface area (Å²) in [6.07, 6.45) is 1.76. The number of carbonyl (C=O) groups excluding carboxylic acids is 1. The van der Waals surface area contributed by atoms with Crippen LogP contribution in [0.3, 0.4) is 0 Å². The molecule has 0 radical (unpaired) electrons. The molecule has 3 heterocycles. The number of thiazole rings is 1. The van der Waals surface area contributed by atoms with E-state index in [4.69, 9.17) is 4.42 Å². The number of hydrogen-bond acceptors (Lipinski definition) is 5. The maximum Gasteiger partial charge on any atom is 0.227 e. The van der Waals surface area contributed by atoms with Gasteiger partial charge in [-0.25, -0.2) is 9.37 Å².